The van der Waals surface area contributed by atoms with E-state index in [4.69, 9.17) is 16.5 Å². The van der Waals surface area contributed by atoms with Gasteiger partial charge in [0.05, 0.1) is 0 Å². The van der Waals surface area contributed by atoms with E-state index in [9.17, 15) is 0 Å². The van der Waals surface area contributed by atoms with Crippen molar-refractivity contribution in [3.05, 3.63) is 0 Å². The van der Waals surface area contributed by atoms with Crippen LogP contribution in [0.2, 0.25) is 0 Å². The maximum atomic E-state index is 6.16. The second kappa shape index (κ2) is 2.86. The molecule has 0 saturated heterocycles. The molecule has 0 aromatic carbocycles. The molecule has 1 aliphatic carbocycles. The molecule has 1 atom stereocenters. The minimum atomic E-state index is -0.233. The summed E-state index contributed by atoms with van der Waals surface area (Å²) in [6, 6.07) is 0.313. The third-order valence-electron chi connectivity index (χ3n) is 2.75. The van der Waals surface area contributed by atoms with Crippen LogP contribution in [0.3, 0.4) is 0 Å². The van der Waals surface area contributed by atoms with Crippen LogP contribution in [0.5, 0.6) is 0 Å². The molecule has 0 spiro atoms. The van der Waals surface area contributed by atoms with Crippen molar-refractivity contribution in [1.29, 1.82) is 0 Å². The third-order valence-corrected chi connectivity index (χ3v) is 3.41. The smallest absolute Gasteiger partial charge is 0.140 e. The minimum absolute atomic E-state index is 0.188. The van der Waals surface area contributed by atoms with Crippen molar-refractivity contribution in [2.24, 2.45) is 5.41 Å². The topological polar surface area (TPSA) is 12.5 Å². The van der Waals surface area contributed by atoms with E-state index in [1.54, 1.807) is 11.5 Å². The lowest BCUT2D eigenvalue weighted by Gasteiger charge is -2.30. The van der Waals surface area contributed by atoms with Crippen molar-refractivity contribution >= 4 is 11.8 Å². The molecule has 0 aliphatic heterocycles. The molecule has 0 radical (unpaired) electrons. The summed E-state index contributed by atoms with van der Waals surface area (Å²) in [7, 11) is 1.73. The van der Waals surface area contributed by atoms with Gasteiger partial charge < -0.3 is 4.74 Å². The Hall–Kier alpha value is 0.210. The van der Waals surface area contributed by atoms with Gasteiger partial charge in [0.25, 0.3) is 0 Å². The first kappa shape index (κ1) is 10.3. The Morgan fingerprint density at radius 3 is 1.92 bits per heavy atom. The van der Waals surface area contributed by atoms with Crippen LogP contribution in [0, 0.1) is 5.41 Å². The highest BCUT2D eigenvalue weighted by atomic mass is 35.5. The van der Waals surface area contributed by atoms with Crippen molar-refractivity contribution in [2.75, 3.05) is 7.11 Å². The Morgan fingerprint density at radius 2 is 1.83 bits per heavy atom. The Labute approximate surface area is 79.9 Å². The van der Waals surface area contributed by atoms with Crippen LogP contribution < -0.4 is 0 Å². The standard InChI is InChI=1S/C9H18ClNO/c1-7(2)11(10)9(12-5)6-8(9,3)4/h7H,6H2,1-5H3. The first-order valence-corrected chi connectivity index (χ1v) is 4.71. The Balaban J connectivity index is 2.72. The first-order chi connectivity index (χ1) is 5.37. The summed E-state index contributed by atoms with van der Waals surface area (Å²) in [6.07, 6.45) is 1.01. The molecule has 2 nitrogen and oxygen atoms in total. The molecule has 0 bridgehead atoms. The predicted molar refractivity (Wildman–Crippen MR) is 51.0 cm³/mol. The van der Waals surface area contributed by atoms with Crippen LogP contribution in [0.1, 0.15) is 34.1 Å². The van der Waals surface area contributed by atoms with E-state index in [0.29, 0.717) is 6.04 Å². The van der Waals surface area contributed by atoms with Gasteiger partial charge in [0, 0.05) is 25.0 Å². The molecule has 0 N–H and O–H groups in total. The fourth-order valence-corrected chi connectivity index (χ4v) is 2.13. The van der Waals surface area contributed by atoms with E-state index in [-0.39, 0.29) is 11.1 Å². The molecular formula is C9H18ClNO. The zero-order valence-corrected chi connectivity index (χ0v) is 9.27. The van der Waals surface area contributed by atoms with Crippen LogP contribution in [-0.2, 0) is 4.74 Å². The van der Waals surface area contributed by atoms with E-state index in [0.717, 1.165) is 6.42 Å². The molecule has 72 valence electrons. The number of hydrogen-bond acceptors (Lipinski definition) is 2. The van der Waals surface area contributed by atoms with Gasteiger partial charge in [0.1, 0.15) is 5.72 Å². The van der Waals surface area contributed by atoms with Crippen molar-refractivity contribution in [1.82, 2.24) is 4.42 Å². The lowest BCUT2D eigenvalue weighted by Crippen LogP contribution is -2.39. The van der Waals surface area contributed by atoms with Gasteiger partial charge in [-0.05, 0) is 25.6 Å². The zero-order chi connectivity index (χ0) is 9.57. The molecule has 0 aromatic rings. The minimum Gasteiger partial charge on any atom is -0.362 e. The summed E-state index contributed by atoms with van der Waals surface area (Å²) in [4.78, 5) is 0. The third kappa shape index (κ3) is 1.26. The van der Waals surface area contributed by atoms with Gasteiger partial charge in [-0.2, -0.15) is 4.42 Å². The van der Waals surface area contributed by atoms with Crippen LogP contribution >= 0.6 is 11.8 Å². The molecule has 1 aliphatic rings. The molecule has 0 amide bonds. The zero-order valence-electron chi connectivity index (χ0n) is 8.52. The predicted octanol–water partition coefficient (Wildman–Crippen LogP) is 2.62. The number of rotatable bonds is 3. The largest absolute Gasteiger partial charge is 0.362 e. The molecule has 1 fully saturated rings. The lowest BCUT2D eigenvalue weighted by atomic mass is 10.1. The van der Waals surface area contributed by atoms with E-state index in [1.165, 1.54) is 0 Å². The van der Waals surface area contributed by atoms with Crippen LogP contribution in [-0.4, -0.2) is 23.3 Å². The molecule has 12 heavy (non-hydrogen) atoms. The summed E-state index contributed by atoms with van der Waals surface area (Å²) in [5.41, 5.74) is -0.0451. The second-order valence-corrected chi connectivity index (χ2v) is 4.82. The summed E-state index contributed by atoms with van der Waals surface area (Å²) in [6.45, 7) is 8.49. The highest BCUT2D eigenvalue weighted by Crippen LogP contribution is 2.60. The second-order valence-electron chi connectivity index (χ2n) is 4.45. The molecule has 3 heteroatoms. The van der Waals surface area contributed by atoms with Crippen molar-refractivity contribution in [3.8, 4) is 0 Å². The Morgan fingerprint density at radius 1 is 1.42 bits per heavy atom. The first-order valence-electron chi connectivity index (χ1n) is 4.38. The van der Waals surface area contributed by atoms with Crippen molar-refractivity contribution in [2.45, 2.75) is 45.9 Å². The Kier molecular flexibility index (Phi) is 2.45. The number of hydrogen-bond donors (Lipinski definition) is 0. The normalized spacial score (nSPS) is 33.0. The summed E-state index contributed by atoms with van der Waals surface area (Å²) in [5.74, 6) is 0. The monoisotopic (exact) mass is 191 g/mol. The summed E-state index contributed by atoms with van der Waals surface area (Å²) in [5, 5.41) is 0. The van der Waals surface area contributed by atoms with E-state index in [2.05, 4.69) is 27.7 Å². The summed E-state index contributed by atoms with van der Waals surface area (Å²) >= 11 is 6.16. The fraction of sp³-hybridized carbons (Fsp3) is 1.00. The molecular weight excluding hydrogens is 174 g/mol. The maximum absolute atomic E-state index is 6.16. The van der Waals surface area contributed by atoms with Crippen LogP contribution in [0.25, 0.3) is 0 Å². The highest BCUT2D eigenvalue weighted by Gasteiger charge is 2.66. The van der Waals surface area contributed by atoms with Crippen molar-refractivity contribution < 1.29 is 4.74 Å². The quantitative estimate of drug-likeness (QED) is 0.503. The van der Waals surface area contributed by atoms with Gasteiger partial charge in [-0.15, -0.1) is 0 Å². The number of methoxy groups -OCH3 is 1. The highest BCUT2D eigenvalue weighted by molar-refractivity contribution is 6.14. The van der Waals surface area contributed by atoms with Crippen LogP contribution in [0.15, 0.2) is 0 Å². The average Bonchev–Trinajstić information content (AvgIpc) is 2.53. The maximum Gasteiger partial charge on any atom is 0.140 e. The number of nitrogens with zero attached hydrogens (tertiary/aromatic N) is 1. The lowest BCUT2D eigenvalue weighted by molar-refractivity contribution is -0.0486. The van der Waals surface area contributed by atoms with E-state index in [1.807, 2.05) is 0 Å². The summed E-state index contributed by atoms with van der Waals surface area (Å²) < 4.78 is 7.28. The van der Waals surface area contributed by atoms with Gasteiger partial charge in [0.2, 0.25) is 0 Å². The SMILES string of the molecule is COC1(N(Cl)C(C)C)CC1(C)C. The molecule has 0 heterocycles. The molecule has 1 rings (SSSR count). The van der Waals surface area contributed by atoms with Crippen LogP contribution in [0.4, 0.5) is 0 Å². The van der Waals surface area contributed by atoms with E-state index < -0.39 is 0 Å². The molecule has 1 unspecified atom stereocenters. The van der Waals surface area contributed by atoms with Crippen molar-refractivity contribution in [3.63, 3.8) is 0 Å². The molecule has 1 saturated carbocycles. The number of ether oxygens (including phenoxy) is 1. The van der Waals surface area contributed by atoms with Gasteiger partial charge in [-0.1, -0.05) is 13.8 Å². The fourth-order valence-electron chi connectivity index (χ4n) is 1.77. The van der Waals surface area contributed by atoms with Gasteiger partial charge >= 0.3 is 0 Å². The molecule has 0 aromatic heterocycles. The Bertz CT molecular complexity index is 181. The van der Waals surface area contributed by atoms with Gasteiger partial charge in [-0.3, -0.25) is 0 Å². The van der Waals surface area contributed by atoms with E-state index >= 15 is 0 Å². The number of halogens is 1. The van der Waals surface area contributed by atoms with Gasteiger partial charge in [-0.25, -0.2) is 0 Å². The van der Waals surface area contributed by atoms with Gasteiger partial charge in [0.15, 0.2) is 0 Å². The average molecular weight is 192 g/mol.